The third-order valence-corrected chi connectivity index (χ3v) is 3.83. The Morgan fingerprint density at radius 1 is 1.35 bits per heavy atom. The third-order valence-electron chi connectivity index (χ3n) is 3.83. The summed E-state index contributed by atoms with van der Waals surface area (Å²) in [5.41, 5.74) is 8.79. The van der Waals surface area contributed by atoms with Crippen LogP contribution in [0.3, 0.4) is 0 Å². The van der Waals surface area contributed by atoms with Crippen molar-refractivity contribution < 1.29 is 0 Å². The number of rotatable bonds is 3. The molecule has 1 aromatic rings. The number of anilines is 1. The highest BCUT2D eigenvalue weighted by molar-refractivity contribution is 5.45. The summed E-state index contributed by atoms with van der Waals surface area (Å²) >= 11 is 0. The lowest BCUT2D eigenvalue weighted by atomic mass is 9.86. The highest BCUT2D eigenvalue weighted by atomic mass is 15.1. The zero-order valence-electron chi connectivity index (χ0n) is 10.8. The van der Waals surface area contributed by atoms with Crippen molar-refractivity contribution in [2.45, 2.75) is 18.9 Å². The third kappa shape index (κ3) is 2.99. The Hall–Kier alpha value is -1.06. The fourth-order valence-electron chi connectivity index (χ4n) is 2.56. The molecule has 1 aromatic carbocycles. The number of benzene rings is 1. The van der Waals surface area contributed by atoms with E-state index in [1.54, 1.807) is 0 Å². The molecule has 0 saturated carbocycles. The van der Waals surface area contributed by atoms with Gasteiger partial charge in [-0.15, -0.1) is 0 Å². The second kappa shape index (κ2) is 5.52. The molecule has 1 aliphatic rings. The van der Waals surface area contributed by atoms with Crippen molar-refractivity contribution in [2.75, 3.05) is 32.5 Å². The van der Waals surface area contributed by atoms with Crippen LogP contribution in [-0.2, 0) is 0 Å². The number of likely N-dealkylation sites (tertiary alicyclic amines) is 1. The predicted molar refractivity (Wildman–Crippen MR) is 73.1 cm³/mol. The Balaban J connectivity index is 2.05. The van der Waals surface area contributed by atoms with Crippen LogP contribution >= 0.6 is 0 Å². The van der Waals surface area contributed by atoms with Gasteiger partial charge in [-0.25, -0.2) is 0 Å². The molecule has 94 valence electrons. The van der Waals surface area contributed by atoms with Crippen LogP contribution in [0.1, 0.15) is 24.4 Å². The molecule has 0 amide bonds. The topological polar surface area (TPSA) is 41.3 Å². The number of hydrogen-bond donors (Lipinski definition) is 2. The van der Waals surface area contributed by atoms with Crippen LogP contribution in [0.25, 0.3) is 0 Å². The molecule has 0 radical (unpaired) electrons. The van der Waals surface area contributed by atoms with Gasteiger partial charge >= 0.3 is 0 Å². The minimum Gasteiger partial charge on any atom is -0.388 e. The van der Waals surface area contributed by atoms with E-state index >= 15 is 0 Å². The standard InChI is InChI=1S/C14H23N3/c1-16-13-5-3-4-12(10-13)14(15)11-6-8-17(2)9-7-11/h3-5,10-11,14,16H,6-9,15H2,1-2H3. The van der Waals surface area contributed by atoms with Gasteiger partial charge in [0.25, 0.3) is 0 Å². The summed E-state index contributed by atoms with van der Waals surface area (Å²) < 4.78 is 0. The van der Waals surface area contributed by atoms with Crippen molar-refractivity contribution in [1.82, 2.24) is 4.90 Å². The van der Waals surface area contributed by atoms with Crippen molar-refractivity contribution in [3.05, 3.63) is 29.8 Å². The van der Waals surface area contributed by atoms with Crippen molar-refractivity contribution in [1.29, 1.82) is 0 Å². The van der Waals surface area contributed by atoms with Crippen LogP contribution in [0.5, 0.6) is 0 Å². The highest BCUT2D eigenvalue weighted by Gasteiger charge is 2.23. The van der Waals surface area contributed by atoms with E-state index in [-0.39, 0.29) is 6.04 Å². The van der Waals surface area contributed by atoms with Gasteiger partial charge in [0, 0.05) is 18.8 Å². The summed E-state index contributed by atoms with van der Waals surface area (Å²) in [4.78, 5) is 2.38. The van der Waals surface area contributed by atoms with Crippen LogP contribution < -0.4 is 11.1 Å². The first-order valence-corrected chi connectivity index (χ1v) is 6.42. The zero-order chi connectivity index (χ0) is 12.3. The van der Waals surface area contributed by atoms with Crippen molar-refractivity contribution in [3.63, 3.8) is 0 Å². The molecule has 1 unspecified atom stereocenters. The summed E-state index contributed by atoms with van der Waals surface area (Å²) in [5, 5.41) is 3.17. The lowest BCUT2D eigenvalue weighted by molar-refractivity contribution is 0.199. The number of nitrogens with one attached hydrogen (secondary N) is 1. The van der Waals surface area contributed by atoms with Crippen LogP contribution in [0, 0.1) is 5.92 Å². The Bertz CT molecular complexity index is 356. The summed E-state index contributed by atoms with van der Waals surface area (Å²) in [5.74, 6) is 0.623. The average molecular weight is 233 g/mol. The quantitative estimate of drug-likeness (QED) is 0.840. The molecular weight excluding hydrogens is 210 g/mol. The highest BCUT2D eigenvalue weighted by Crippen LogP contribution is 2.29. The first kappa shape index (κ1) is 12.4. The molecule has 3 nitrogen and oxygen atoms in total. The fourth-order valence-corrected chi connectivity index (χ4v) is 2.56. The molecule has 0 spiro atoms. The molecule has 3 N–H and O–H groups in total. The minimum atomic E-state index is 0.178. The molecule has 2 rings (SSSR count). The second-order valence-electron chi connectivity index (χ2n) is 5.04. The lowest BCUT2D eigenvalue weighted by Crippen LogP contribution is -2.35. The van der Waals surface area contributed by atoms with Crippen molar-refractivity contribution in [2.24, 2.45) is 11.7 Å². The van der Waals surface area contributed by atoms with Gasteiger partial charge in [0.05, 0.1) is 0 Å². The first-order chi connectivity index (χ1) is 8.20. The van der Waals surface area contributed by atoms with Gasteiger partial charge in [0.1, 0.15) is 0 Å². The molecule has 1 atom stereocenters. The Morgan fingerprint density at radius 3 is 2.71 bits per heavy atom. The molecule has 3 heteroatoms. The van der Waals surface area contributed by atoms with Gasteiger partial charge in [-0.05, 0) is 56.6 Å². The monoisotopic (exact) mass is 233 g/mol. The molecule has 0 bridgehead atoms. The van der Waals surface area contributed by atoms with E-state index in [1.165, 1.54) is 31.5 Å². The van der Waals surface area contributed by atoms with Crippen LogP contribution in [0.4, 0.5) is 5.69 Å². The van der Waals surface area contributed by atoms with Crippen LogP contribution in [0.15, 0.2) is 24.3 Å². The van der Waals surface area contributed by atoms with Crippen molar-refractivity contribution in [3.8, 4) is 0 Å². The van der Waals surface area contributed by atoms with Gasteiger partial charge in [-0.1, -0.05) is 12.1 Å². The lowest BCUT2D eigenvalue weighted by Gasteiger charge is -2.32. The summed E-state index contributed by atoms with van der Waals surface area (Å²) in [6.07, 6.45) is 2.42. The maximum absolute atomic E-state index is 6.39. The molecule has 1 aliphatic heterocycles. The second-order valence-corrected chi connectivity index (χ2v) is 5.04. The van der Waals surface area contributed by atoms with E-state index < -0.39 is 0 Å². The molecule has 1 saturated heterocycles. The molecule has 0 aromatic heterocycles. The minimum absolute atomic E-state index is 0.178. The number of nitrogens with zero attached hydrogens (tertiary/aromatic N) is 1. The van der Waals surface area contributed by atoms with Gasteiger partial charge in [0.2, 0.25) is 0 Å². The normalized spacial score (nSPS) is 20.2. The number of piperidine rings is 1. The maximum Gasteiger partial charge on any atom is 0.0340 e. The molecule has 1 fully saturated rings. The Kier molecular flexibility index (Phi) is 4.02. The largest absolute Gasteiger partial charge is 0.388 e. The molecule has 17 heavy (non-hydrogen) atoms. The first-order valence-electron chi connectivity index (χ1n) is 6.42. The zero-order valence-corrected chi connectivity index (χ0v) is 10.8. The Labute approximate surface area is 104 Å². The van der Waals surface area contributed by atoms with E-state index in [9.17, 15) is 0 Å². The summed E-state index contributed by atoms with van der Waals surface area (Å²) in [7, 11) is 4.13. The number of nitrogens with two attached hydrogens (primary N) is 1. The SMILES string of the molecule is CNc1cccc(C(N)C2CCN(C)CC2)c1. The van der Waals surface area contributed by atoms with E-state index in [2.05, 4.69) is 41.5 Å². The van der Waals surface area contributed by atoms with Gasteiger partial charge in [-0.2, -0.15) is 0 Å². The molecular formula is C14H23N3. The predicted octanol–water partition coefficient (Wildman–Crippen LogP) is 2.07. The van der Waals surface area contributed by atoms with Gasteiger partial charge in [0.15, 0.2) is 0 Å². The van der Waals surface area contributed by atoms with E-state index in [4.69, 9.17) is 5.73 Å². The van der Waals surface area contributed by atoms with Gasteiger partial charge in [-0.3, -0.25) is 0 Å². The number of hydrogen-bond acceptors (Lipinski definition) is 3. The average Bonchev–Trinajstić information content (AvgIpc) is 2.39. The fraction of sp³-hybridized carbons (Fsp3) is 0.571. The smallest absolute Gasteiger partial charge is 0.0340 e. The van der Waals surface area contributed by atoms with Crippen LogP contribution in [-0.4, -0.2) is 32.1 Å². The summed E-state index contributed by atoms with van der Waals surface area (Å²) in [6, 6.07) is 8.64. The van der Waals surface area contributed by atoms with E-state index in [1.807, 2.05) is 7.05 Å². The Morgan fingerprint density at radius 2 is 2.06 bits per heavy atom. The summed E-state index contributed by atoms with van der Waals surface area (Å²) in [6.45, 7) is 2.34. The molecule has 0 aliphatic carbocycles. The van der Waals surface area contributed by atoms with Gasteiger partial charge < -0.3 is 16.0 Å². The van der Waals surface area contributed by atoms with E-state index in [0.29, 0.717) is 5.92 Å². The van der Waals surface area contributed by atoms with E-state index in [0.717, 1.165) is 5.69 Å². The van der Waals surface area contributed by atoms with Crippen LogP contribution in [0.2, 0.25) is 0 Å². The molecule has 1 heterocycles. The van der Waals surface area contributed by atoms with Crippen molar-refractivity contribution >= 4 is 5.69 Å². The maximum atomic E-state index is 6.39.